The smallest absolute Gasteiger partial charge is 0.272 e. The van der Waals surface area contributed by atoms with E-state index in [2.05, 4.69) is 10.2 Å². The van der Waals surface area contributed by atoms with E-state index in [1.807, 2.05) is 0 Å². The second kappa shape index (κ2) is 3.26. The van der Waals surface area contributed by atoms with E-state index in [4.69, 9.17) is 11.6 Å². The Labute approximate surface area is 84.9 Å². The van der Waals surface area contributed by atoms with Gasteiger partial charge in [0.05, 0.1) is 0 Å². The number of aromatic nitrogens is 4. The van der Waals surface area contributed by atoms with Crippen molar-refractivity contribution in [3.63, 3.8) is 0 Å². The van der Waals surface area contributed by atoms with Gasteiger partial charge in [0.15, 0.2) is 5.82 Å². The topological polar surface area (TPSA) is 52.7 Å². The molecule has 0 aliphatic rings. The third-order valence-corrected chi connectivity index (χ3v) is 1.92. The monoisotopic (exact) mass is 210 g/mol. The van der Waals surface area contributed by atoms with Crippen LogP contribution in [0, 0.1) is 0 Å². The van der Waals surface area contributed by atoms with Crippen LogP contribution < -0.4 is 0 Å². The lowest BCUT2D eigenvalue weighted by molar-refractivity contribution is 0.107. The molecule has 0 aliphatic carbocycles. The van der Waals surface area contributed by atoms with Crippen LogP contribution in [0.15, 0.2) is 24.5 Å². The molecule has 0 unspecified atom stereocenters. The maximum absolute atomic E-state index is 10.8. The predicted molar refractivity (Wildman–Crippen MR) is 50.5 cm³/mol. The predicted octanol–water partition coefficient (Wildman–Crippen LogP) is 0.985. The van der Waals surface area contributed by atoms with E-state index in [1.165, 1.54) is 4.68 Å². The molecule has 14 heavy (non-hydrogen) atoms. The van der Waals surface area contributed by atoms with Gasteiger partial charge in [-0.1, -0.05) is 0 Å². The molecule has 0 aromatic carbocycles. The zero-order chi connectivity index (χ0) is 10.1. The van der Waals surface area contributed by atoms with Crippen molar-refractivity contribution in [1.29, 1.82) is 0 Å². The summed E-state index contributed by atoms with van der Waals surface area (Å²) in [6.45, 7) is 0. The summed E-state index contributed by atoms with van der Waals surface area (Å²) >= 11 is 5.27. The van der Waals surface area contributed by atoms with Gasteiger partial charge < -0.3 is 0 Å². The average molecular weight is 211 g/mol. The Kier molecular flexibility index (Phi) is 2.09. The number of hydrogen-bond donors (Lipinski definition) is 0. The van der Waals surface area contributed by atoms with Crippen LogP contribution >= 0.6 is 11.6 Å². The lowest BCUT2D eigenvalue weighted by Gasteiger charge is -1.93. The van der Waals surface area contributed by atoms with E-state index in [0.717, 1.165) is 0 Å². The number of carbonyl (C=O) groups is 1. The normalized spacial score (nSPS) is 10.4. The zero-order valence-electron chi connectivity index (χ0n) is 7.38. The maximum Gasteiger partial charge on any atom is 0.272 e. The highest BCUT2D eigenvalue weighted by molar-refractivity contribution is 6.67. The molecule has 0 saturated carbocycles. The minimum atomic E-state index is -0.570. The molecular weight excluding hydrogens is 204 g/mol. The molecule has 72 valence electrons. The summed E-state index contributed by atoms with van der Waals surface area (Å²) in [6.07, 6.45) is 3.43. The zero-order valence-corrected chi connectivity index (χ0v) is 8.14. The lowest BCUT2D eigenvalue weighted by atomic mass is 10.5. The fourth-order valence-electron chi connectivity index (χ4n) is 1.08. The Morgan fingerprint density at radius 1 is 1.36 bits per heavy atom. The molecule has 0 atom stereocenters. The maximum atomic E-state index is 10.8. The van der Waals surface area contributed by atoms with E-state index in [-0.39, 0.29) is 5.69 Å². The molecule has 6 heteroatoms. The number of aryl methyl sites for hydroxylation is 1. The molecule has 0 aliphatic heterocycles. The molecule has 0 bridgehead atoms. The van der Waals surface area contributed by atoms with Gasteiger partial charge in [0.1, 0.15) is 5.69 Å². The Balaban J connectivity index is 2.38. The fourth-order valence-corrected chi connectivity index (χ4v) is 1.18. The lowest BCUT2D eigenvalue weighted by Crippen LogP contribution is -1.99. The fraction of sp³-hybridized carbons (Fsp3) is 0.125. The van der Waals surface area contributed by atoms with Crippen molar-refractivity contribution in [2.75, 3.05) is 0 Å². The van der Waals surface area contributed by atoms with Gasteiger partial charge in [-0.25, -0.2) is 4.68 Å². The molecule has 0 fully saturated rings. The first-order chi connectivity index (χ1) is 6.66. The van der Waals surface area contributed by atoms with Gasteiger partial charge in [-0.05, 0) is 17.7 Å². The van der Waals surface area contributed by atoms with Crippen LogP contribution in [0.3, 0.4) is 0 Å². The molecule has 2 aromatic rings. The van der Waals surface area contributed by atoms with E-state index < -0.39 is 5.24 Å². The summed E-state index contributed by atoms with van der Waals surface area (Å²) < 4.78 is 3.15. The Bertz CT molecular complexity index is 473. The Morgan fingerprint density at radius 2 is 2.14 bits per heavy atom. The van der Waals surface area contributed by atoms with Crippen LogP contribution in [-0.2, 0) is 7.05 Å². The quantitative estimate of drug-likeness (QED) is 0.695. The Hall–Kier alpha value is -1.62. The molecule has 0 amide bonds. The van der Waals surface area contributed by atoms with E-state index >= 15 is 0 Å². The number of halogens is 1. The van der Waals surface area contributed by atoms with Gasteiger partial charge >= 0.3 is 0 Å². The van der Waals surface area contributed by atoms with Crippen molar-refractivity contribution in [2.24, 2.45) is 7.05 Å². The van der Waals surface area contributed by atoms with Crippen molar-refractivity contribution in [3.05, 3.63) is 30.2 Å². The summed E-state index contributed by atoms with van der Waals surface area (Å²) in [5.41, 5.74) is 0.220. The minimum absolute atomic E-state index is 0.220. The second-order valence-electron chi connectivity index (χ2n) is 2.77. The highest BCUT2D eigenvalue weighted by Crippen LogP contribution is 2.05. The second-order valence-corrected chi connectivity index (χ2v) is 3.11. The van der Waals surface area contributed by atoms with Crippen LogP contribution in [0.25, 0.3) is 5.82 Å². The van der Waals surface area contributed by atoms with E-state index in [9.17, 15) is 4.79 Å². The molecule has 2 heterocycles. The summed E-state index contributed by atoms with van der Waals surface area (Å²) in [5.74, 6) is 0.650. The molecule has 0 spiro atoms. The first kappa shape index (κ1) is 8.96. The minimum Gasteiger partial charge on any atom is -0.274 e. The van der Waals surface area contributed by atoms with Gasteiger partial charge in [0.25, 0.3) is 5.24 Å². The number of hydrogen-bond acceptors (Lipinski definition) is 3. The summed E-state index contributed by atoms with van der Waals surface area (Å²) in [6, 6.07) is 3.33. The van der Waals surface area contributed by atoms with Crippen LogP contribution in [-0.4, -0.2) is 24.8 Å². The molecule has 0 radical (unpaired) electrons. The molecule has 0 N–H and O–H groups in total. The summed E-state index contributed by atoms with van der Waals surface area (Å²) in [4.78, 5) is 10.8. The van der Waals surface area contributed by atoms with Gasteiger partial charge in [-0.3, -0.25) is 9.48 Å². The molecule has 0 saturated heterocycles. The highest BCUT2D eigenvalue weighted by atomic mass is 35.5. The van der Waals surface area contributed by atoms with Crippen LogP contribution in [0.1, 0.15) is 10.5 Å². The number of rotatable bonds is 2. The summed E-state index contributed by atoms with van der Waals surface area (Å²) in [7, 11) is 1.81. The Morgan fingerprint density at radius 3 is 2.64 bits per heavy atom. The largest absolute Gasteiger partial charge is 0.274 e. The SMILES string of the molecule is Cn1ccc(-n2ccc(C(=O)Cl)n2)n1. The molecule has 2 aromatic heterocycles. The van der Waals surface area contributed by atoms with Gasteiger partial charge in [0, 0.05) is 25.5 Å². The van der Waals surface area contributed by atoms with Crippen molar-refractivity contribution in [1.82, 2.24) is 19.6 Å². The van der Waals surface area contributed by atoms with Gasteiger partial charge in [-0.15, -0.1) is 0 Å². The number of nitrogens with zero attached hydrogens (tertiary/aromatic N) is 4. The van der Waals surface area contributed by atoms with Crippen molar-refractivity contribution in [3.8, 4) is 5.82 Å². The van der Waals surface area contributed by atoms with Crippen molar-refractivity contribution < 1.29 is 4.79 Å². The third-order valence-electron chi connectivity index (χ3n) is 1.72. The first-order valence-electron chi connectivity index (χ1n) is 3.92. The van der Waals surface area contributed by atoms with E-state index in [0.29, 0.717) is 5.82 Å². The standard InChI is InChI=1S/C8H7ClN4O/c1-12-4-3-7(11-12)13-5-2-6(10-13)8(9)14/h2-5H,1H3. The third kappa shape index (κ3) is 1.54. The number of carbonyl (C=O) groups excluding carboxylic acids is 1. The van der Waals surface area contributed by atoms with Gasteiger partial charge in [0.2, 0.25) is 0 Å². The van der Waals surface area contributed by atoms with Crippen LogP contribution in [0.2, 0.25) is 0 Å². The molecular formula is C8H7ClN4O. The van der Waals surface area contributed by atoms with Crippen LogP contribution in [0.5, 0.6) is 0 Å². The highest BCUT2D eigenvalue weighted by Gasteiger charge is 2.07. The average Bonchev–Trinajstić information content (AvgIpc) is 2.70. The molecule has 2 rings (SSSR count). The summed E-state index contributed by atoms with van der Waals surface area (Å²) in [5, 5.41) is 7.50. The van der Waals surface area contributed by atoms with Crippen LogP contribution in [0.4, 0.5) is 0 Å². The first-order valence-corrected chi connectivity index (χ1v) is 4.30. The van der Waals surface area contributed by atoms with Gasteiger partial charge in [-0.2, -0.15) is 10.2 Å². The molecule has 5 nitrogen and oxygen atoms in total. The van der Waals surface area contributed by atoms with E-state index in [1.54, 1.807) is 36.3 Å². The van der Waals surface area contributed by atoms with Crippen molar-refractivity contribution >= 4 is 16.8 Å². The van der Waals surface area contributed by atoms with Crippen molar-refractivity contribution in [2.45, 2.75) is 0 Å².